The average Bonchev–Trinajstić information content (AvgIpc) is 2.94. The highest BCUT2D eigenvalue weighted by atomic mass is 19.1. The van der Waals surface area contributed by atoms with Crippen LogP contribution in [-0.2, 0) is 0 Å². The van der Waals surface area contributed by atoms with Crippen LogP contribution in [-0.4, -0.2) is 42.4 Å². The van der Waals surface area contributed by atoms with E-state index in [4.69, 9.17) is 9.84 Å². The number of hydrogen-bond donors (Lipinski definition) is 1. The van der Waals surface area contributed by atoms with Crippen LogP contribution in [0.15, 0.2) is 24.3 Å². The van der Waals surface area contributed by atoms with E-state index in [0.29, 0.717) is 24.9 Å². The number of nitrogens with zero attached hydrogens (tertiary/aromatic N) is 1. The second kappa shape index (κ2) is 7.46. The molecule has 0 amide bonds. The lowest BCUT2D eigenvalue weighted by molar-refractivity contribution is 0.129. The summed E-state index contributed by atoms with van der Waals surface area (Å²) < 4.78 is 18.4. The molecule has 1 aliphatic rings. The van der Waals surface area contributed by atoms with Crippen LogP contribution in [0.25, 0.3) is 0 Å². The lowest BCUT2D eigenvalue weighted by Crippen LogP contribution is -2.38. The predicted octanol–water partition coefficient (Wildman–Crippen LogP) is 2.44. The van der Waals surface area contributed by atoms with Crippen molar-refractivity contribution in [3.63, 3.8) is 0 Å². The molecule has 106 valence electrons. The van der Waals surface area contributed by atoms with Crippen molar-refractivity contribution in [2.24, 2.45) is 0 Å². The predicted molar refractivity (Wildman–Crippen MR) is 72.8 cm³/mol. The van der Waals surface area contributed by atoms with Crippen LogP contribution < -0.4 is 4.74 Å². The van der Waals surface area contributed by atoms with Gasteiger partial charge >= 0.3 is 0 Å². The molecule has 2 rings (SSSR count). The highest BCUT2D eigenvalue weighted by molar-refractivity contribution is 5.21. The fraction of sp³-hybridized carbons (Fsp3) is 0.600. The Morgan fingerprint density at radius 3 is 2.47 bits per heavy atom. The summed E-state index contributed by atoms with van der Waals surface area (Å²) in [4.78, 5) is 2.30. The SMILES string of the molecule is OCCN(CCOc1ccc(F)cc1)C1CCCC1. The Morgan fingerprint density at radius 1 is 1.16 bits per heavy atom. The minimum atomic E-state index is -0.250. The van der Waals surface area contributed by atoms with Gasteiger partial charge in [-0.3, -0.25) is 4.90 Å². The number of halogens is 1. The van der Waals surface area contributed by atoms with E-state index in [9.17, 15) is 4.39 Å². The molecule has 1 fully saturated rings. The van der Waals surface area contributed by atoms with E-state index in [0.717, 1.165) is 6.54 Å². The molecular weight excluding hydrogens is 245 g/mol. The quantitative estimate of drug-likeness (QED) is 0.823. The van der Waals surface area contributed by atoms with Crippen LogP contribution in [0.3, 0.4) is 0 Å². The normalized spacial score (nSPS) is 16.2. The van der Waals surface area contributed by atoms with Crippen LogP contribution in [0.1, 0.15) is 25.7 Å². The molecule has 1 N–H and O–H groups in total. The second-order valence-corrected chi connectivity index (χ2v) is 5.00. The zero-order valence-corrected chi connectivity index (χ0v) is 11.2. The summed E-state index contributed by atoms with van der Waals surface area (Å²) in [6.45, 7) is 2.27. The summed E-state index contributed by atoms with van der Waals surface area (Å²) in [7, 11) is 0. The summed E-state index contributed by atoms with van der Waals surface area (Å²) >= 11 is 0. The number of aliphatic hydroxyl groups excluding tert-OH is 1. The van der Waals surface area contributed by atoms with Crippen molar-refractivity contribution in [2.45, 2.75) is 31.7 Å². The maximum absolute atomic E-state index is 12.8. The smallest absolute Gasteiger partial charge is 0.123 e. The third kappa shape index (κ3) is 4.48. The fourth-order valence-electron chi connectivity index (χ4n) is 2.69. The highest BCUT2D eigenvalue weighted by Gasteiger charge is 2.21. The van der Waals surface area contributed by atoms with Gasteiger partial charge in [-0.15, -0.1) is 0 Å². The zero-order chi connectivity index (χ0) is 13.5. The van der Waals surface area contributed by atoms with Crippen molar-refractivity contribution in [3.8, 4) is 5.75 Å². The maximum atomic E-state index is 12.8. The van der Waals surface area contributed by atoms with E-state index in [1.807, 2.05) is 0 Å². The Morgan fingerprint density at radius 2 is 1.84 bits per heavy atom. The van der Waals surface area contributed by atoms with Gasteiger partial charge in [0.1, 0.15) is 18.2 Å². The molecule has 1 saturated carbocycles. The van der Waals surface area contributed by atoms with Crippen molar-refractivity contribution in [3.05, 3.63) is 30.1 Å². The minimum absolute atomic E-state index is 0.188. The lowest BCUT2D eigenvalue weighted by Gasteiger charge is -2.27. The minimum Gasteiger partial charge on any atom is -0.492 e. The summed E-state index contributed by atoms with van der Waals surface area (Å²) in [6, 6.07) is 6.67. The molecule has 0 unspecified atom stereocenters. The van der Waals surface area contributed by atoms with Crippen molar-refractivity contribution < 1.29 is 14.2 Å². The number of ether oxygens (including phenoxy) is 1. The summed E-state index contributed by atoms with van der Waals surface area (Å²) in [5, 5.41) is 9.12. The van der Waals surface area contributed by atoms with Gasteiger partial charge in [-0.25, -0.2) is 4.39 Å². The molecule has 19 heavy (non-hydrogen) atoms. The molecule has 0 aromatic heterocycles. The Bertz CT molecular complexity index is 363. The van der Waals surface area contributed by atoms with E-state index in [-0.39, 0.29) is 12.4 Å². The van der Waals surface area contributed by atoms with Crippen molar-refractivity contribution in [1.29, 1.82) is 0 Å². The molecular formula is C15H22FNO2. The van der Waals surface area contributed by atoms with Crippen LogP contribution in [0.5, 0.6) is 5.75 Å². The van der Waals surface area contributed by atoms with Crippen molar-refractivity contribution in [1.82, 2.24) is 4.90 Å². The van der Waals surface area contributed by atoms with Gasteiger partial charge in [0, 0.05) is 19.1 Å². The van der Waals surface area contributed by atoms with Gasteiger partial charge in [-0.2, -0.15) is 0 Å². The topological polar surface area (TPSA) is 32.7 Å². The number of benzene rings is 1. The van der Waals surface area contributed by atoms with E-state index >= 15 is 0 Å². The molecule has 1 aromatic rings. The Hall–Kier alpha value is -1.13. The lowest BCUT2D eigenvalue weighted by atomic mass is 10.2. The van der Waals surface area contributed by atoms with Gasteiger partial charge in [0.2, 0.25) is 0 Å². The standard InChI is InChI=1S/C15H22FNO2/c16-13-5-7-15(8-6-13)19-12-10-17(9-11-18)14-3-1-2-4-14/h5-8,14,18H,1-4,9-12H2. The zero-order valence-electron chi connectivity index (χ0n) is 11.2. The van der Waals surface area contributed by atoms with Crippen molar-refractivity contribution in [2.75, 3.05) is 26.3 Å². The molecule has 0 spiro atoms. The Labute approximate surface area is 114 Å². The largest absolute Gasteiger partial charge is 0.492 e. The maximum Gasteiger partial charge on any atom is 0.123 e. The monoisotopic (exact) mass is 267 g/mol. The highest BCUT2D eigenvalue weighted by Crippen LogP contribution is 2.23. The first-order chi connectivity index (χ1) is 9.29. The van der Waals surface area contributed by atoms with Crippen LogP contribution in [0, 0.1) is 5.82 Å². The number of hydrogen-bond acceptors (Lipinski definition) is 3. The first-order valence-corrected chi connectivity index (χ1v) is 7.03. The fourth-order valence-corrected chi connectivity index (χ4v) is 2.69. The van der Waals surface area contributed by atoms with E-state index in [1.165, 1.54) is 37.8 Å². The molecule has 3 nitrogen and oxygen atoms in total. The third-order valence-electron chi connectivity index (χ3n) is 3.69. The Balaban J connectivity index is 1.76. The molecule has 1 aromatic carbocycles. The van der Waals surface area contributed by atoms with Crippen LogP contribution in [0.2, 0.25) is 0 Å². The molecule has 0 atom stereocenters. The van der Waals surface area contributed by atoms with Gasteiger partial charge < -0.3 is 9.84 Å². The first kappa shape index (κ1) is 14.3. The molecule has 0 heterocycles. The third-order valence-corrected chi connectivity index (χ3v) is 3.69. The van der Waals surface area contributed by atoms with Gasteiger partial charge in [0.05, 0.1) is 6.61 Å². The Kier molecular flexibility index (Phi) is 5.61. The van der Waals surface area contributed by atoms with Crippen LogP contribution in [0.4, 0.5) is 4.39 Å². The average molecular weight is 267 g/mol. The number of rotatable bonds is 7. The molecule has 0 saturated heterocycles. The summed E-state index contributed by atoms with van der Waals surface area (Å²) in [5.41, 5.74) is 0. The molecule has 0 aliphatic heterocycles. The number of aliphatic hydroxyl groups is 1. The first-order valence-electron chi connectivity index (χ1n) is 7.03. The van der Waals surface area contributed by atoms with E-state index < -0.39 is 0 Å². The molecule has 4 heteroatoms. The van der Waals surface area contributed by atoms with E-state index in [1.54, 1.807) is 12.1 Å². The summed E-state index contributed by atoms with van der Waals surface area (Å²) in [5.74, 6) is 0.442. The molecule has 0 bridgehead atoms. The van der Waals surface area contributed by atoms with Crippen LogP contribution >= 0.6 is 0 Å². The molecule has 0 radical (unpaired) electrons. The van der Waals surface area contributed by atoms with Gasteiger partial charge in [-0.05, 0) is 37.1 Å². The van der Waals surface area contributed by atoms with Gasteiger partial charge in [0.25, 0.3) is 0 Å². The van der Waals surface area contributed by atoms with Gasteiger partial charge in [0.15, 0.2) is 0 Å². The second-order valence-electron chi connectivity index (χ2n) is 5.00. The van der Waals surface area contributed by atoms with E-state index in [2.05, 4.69) is 4.90 Å². The molecule has 1 aliphatic carbocycles. The van der Waals surface area contributed by atoms with Gasteiger partial charge in [-0.1, -0.05) is 12.8 Å². The summed E-state index contributed by atoms with van der Waals surface area (Å²) in [6.07, 6.45) is 5.00. The van der Waals surface area contributed by atoms with Crippen molar-refractivity contribution >= 4 is 0 Å².